The van der Waals surface area contributed by atoms with Crippen LogP contribution in [0.4, 0.5) is 0 Å². The first-order chi connectivity index (χ1) is 43.0. The van der Waals surface area contributed by atoms with E-state index in [-0.39, 0.29) is 0 Å². The monoisotopic (exact) mass is 1200 g/mol. The number of fused-ring (bicyclic) bond motifs is 22. The summed E-state index contributed by atoms with van der Waals surface area (Å²) < 4.78 is 12.3. The van der Waals surface area contributed by atoms with Gasteiger partial charge >= 0.3 is 0 Å². The van der Waals surface area contributed by atoms with E-state index < -0.39 is 0 Å². The predicted molar refractivity (Wildman–Crippen MR) is 376 cm³/mol. The van der Waals surface area contributed by atoms with Crippen LogP contribution in [0.25, 0.3) is 164 Å². The molecule has 0 aliphatic heterocycles. The van der Waals surface area contributed by atoms with E-state index in [9.17, 15) is 0 Å². The molecule has 7 aromatic heterocycles. The van der Waals surface area contributed by atoms with Crippen LogP contribution in [0.1, 0.15) is 11.1 Å². The number of halogens is 1. The van der Waals surface area contributed by atoms with Crippen LogP contribution in [0, 0.1) is 0 Å². The smallest absolute Gasteiger partial charge is 0.235 e. The quantitative estimate of drug-likeness (QED) is 0.165. The van der Waals surface area contributed by atoms with Gasteiger partial charge in [0, 0.05) is 82.4 Å². The molecule has 19 aromatic rings. The van der Waals surface area contributed by atoms with Crippen LogP contribution < -0.4 is 0 Å². The van der Waals surface area contributed by atoms with E-state index in [0.29, 0.717) is 11.2 Å². The Hall–Kier alpha value is -9.71. The van der Waals surface area contributed by atoms with Crippen molar-refractivity contribution in [3.05, 3.63) is 271 Å². The molecule has 0 radical (unpaired) electrons. The van der Waals surface area contributed by atoms with Crippen molar-refractivity contribution in [3.8, 4) is 39.6 Å². The fraction of sp³-hybridized carbons (Fsp3) is 0.0130. The Morgan fingerprint density at radius 2 is 0.839 bits per heavy atom. The van der Waals surface area contributed by atoms with Gasteiger partial charge in [0.1, 0.15) is 0 Å². The van der Waals surface area contributed by atoms with Crippen LogP contribution in [0.5, 0.6) is 0 Å². The van der Waals surface area contributed by atoms with Gasteiger partial charge in [-0.3, -0.25) is 4.57 Å². The number of thiophene rings is 4. The van der Waals surface area contributed by atoms with Gasteiger partial charge in [-0.2, -0.15) is 0 Å². The molecule has 0 spiro atoms. The molecule has 408 valence electrons. The van der Waals surface area contributed by atoms with E-state index in [2.05, 4.69) is 227 Å². The average Bonchev–Trinajstić information content (AvgIpc) is 1.77. The van der Waals surface area contributed by atoms with Crippen molar-refractivity contribution in [2.45, 2.75) is 6.42 Å². The molecule has 0 bridgehead atoms. The van der Waals surface area contributed by atoms with Crippen LogP contribution in [0.2, 0.25) is 5.28 Å². The van der Waals surface area contributed by atoms with Crippen molar-refractivity contribution in [1.82, 2.24) is 24.5 Å². The molecule has 7 heterocycles. The second-order valence-electron chi connectivity index (χ2n) is 22.1. The topological polar surface area (TPSA) is 56.5 Å². The van der Waals surface area contributed by atoms with Crippen LogP contribution in [0.3, 0.4) is 0 Å². The Morgan fingerprint density at radius 3 is 1.49 bits per heavy atom. The van der Waals surface area contributed by atoms with Gasteiger partial charge in [-0.1, -0.05) is 200 Å². The van der Waals surface area contributed by atoms with Crippen molar-refractivity contribution in [3.63, 3.8) is 0 Å². The van der Waals surface area contributed by atoms with Crippen LogP contribution in [-0.4, -0.2) is 24.5 Å². The van der Waals surface area contributed by atoms with Crippen molar-refractivity contribution in [2.24, 2.45) is 0 Å². The SMILES string of the molecule is Clc1nc(-c2ccccc2)c2sc3ccccc3c2n1.c1ccc(-c2nc(-n3c4ccccc4c4cc5c(cc43)sc3ccc4ccccc4c35)nc3c2sc2ccccc23)cc1.c1ccc2c(c1)Cc1cc3sc4ccc5ccccc5c4c3cc1-2. The van der Waals surface area contributed by atoms with E-state index in [0.717, 1.165) is 65.8 Å². The summed E-state index contributed by atoms with van der Waals surface area (Å²) in [6.07, 6.45) is 1.07. The summed E-state index contributed by atoms with van der Waals surface area (Å²) in [4.78, 5) is 19.5. The lowest BCUT2D eigenvalue weighted by Crippen LogP contribution is -2.02. The lowest BCUT2D eigenvalue weighted by Gasteiger charge is -2.10. The highest BCUT2D eigenvalue weighted by Gasteiger charge is 2.24. The fourth-order valence-electron chi connectivity index (χ4n) is 13.2. The maximum absolute atomic E-state index is 6.11. The predicted octanol–water partition coefficient (Wildman–Crippen LogP) is 23.1. The van der Waals surface area contributed by atoms with E-state index in [4.69, 9.17) is 21.6 Å². The lowest BCUT2D eigenvalue weighted by atomic mass is 10.00. The third-order valence-electron chi connectivity index (χ3n) is 17.1. The molecule has 0 saturated carbocycles. The Balaban J connectivity index is 0.000000109. The van der Waals surface area contributed by atoms with Crippen molar-refractivity contribution in [2.75, 3.05) is 0 Å². The van der Waals surface area contributed by atoms with Gasteiger partial charge in [0.15, 0.2) is 0 Å². The number of benzene rings is 12. The summed E-state index contributed by atoms with van der Waals surface area (Å²) in [6.45, 7) is 0. The van der Waals surface area contributed by atoms with Gasteiger partial charge in [-0.15, -0.1) is 45.3 Å². The fourth-order valence-corrected chi connectivity index (χ4v) is 18.0. The van der Waals surface area contributed by atoms with Gasteiger partial charge in [-0.05, 0) is 116 Å². The Kier molecular flexibility index (Phi) is 11.8. The first-order valence-corrected chi connectivity index (χ1v) is 32.5. The summed E-state index contributed by atoms with van der Waals surface area (Å²) in [5.74, 6) is 0.701. The van der Waals surface area contributed by atoms with Gasteiger partial charge in [0.25, 0.3) is 0 Å². The number of rotatable bonds is 3. The van der Waals surface area contributed by atoms with Gasteiger partial charge in [0.05, 0.1) is 42.9 Å². The lowest BCUT2D eigenvalue weighted by molar-refractivity contribution is 1.02. The number of nitrogens with zero attached hydrogens (tertiary/aromatic N) is 5. The third kappa shape index (κ3) is 8.22. The molecular formula is C77H44ClN5S4. The minimum atomic E-state index is 0.292. The van der Waals surface area contributed by atoms with Crippen molar-refractivity contribution in [1.29, 1.82) is 0 Å². The second kappa shape index (κ2) is 20.2. The zero-order valence-corrected chi connectivity index (χ0v) is 50.2. The highest BCUT2D eigenvalue weighted by Crippen LogP contribution is 2.47. The molecule has 0 amide bonds. The minimum absolute atomic E-state index is 0.292. The normalized spacial score (nSPS) is 12.1. The summed E-state index contributed by atoms with van der Waals surface area (Å²) >= 11 is 13.4. The highest BCUT2D eigenvalue weighted by atomic mass is 35.5. The molecule has 87 heavy (non-hydrogen) atoms. The summed E-state index contributed by atoms with van der Waals surface area (Å²) in [6, 6.07) is 90.9. The second-order valence-corrected chi connectivity index (χ2v) is 26.7. The number of para-hydroxylation sites is 1. The molecule has 10 heteroatoms. The van der Waals surface area contributed by atoms with Gasteiger partial charge in [0.2, 0.25) is 11.2 Å². The number of hydrogen-bond acceptors (Lipinski definition) is 8. The highest BCUT2D eigenvalue weighted by molar-refractivity contribution is 7.27. The van der Waals surface area contributed by atoms with Crippen LogP contribution in [-0.2, 0) is 6.42 Å². The maximum Gasteiger partial charge on any atom is 0.235 e. The number of aromatic nitrogens is 5. The zero-order chi connectivity index (χ0) is 57.3. The van der Waals surface area contributed by atoms with Gasteiger partial charge in [-0.25, -0.2) is 19.9 Å². The molecule has 12 aromatic carbocycles. The molecule has 0 fully saturated rings. The van der Waals surface area contributed by atoms with Gasteiger partial charge < -0.3 is 0 Å². The molecule has 1 aliphatic carbocycles. The standard InChI is InChI=1S/C38H21N3S2.C23H14S.C16H9ClN2S/c1-2-11-23(12-3-1)35-37-36(26-15-7-9-17-31(26)43-37)40-38(39-35)41-29-16-8-6-14-25(29)27-20-28-33(21-30(27)41)42-32-19-18-22-10-4-5-13-24(22)34(28)32;1-4-8-18-14(5-1)9-10-21-23(18)20-13-19-16(12-22(20)24-21)11-15-6-2-3-7-17(15)19;17-16-18-13(10-6-2-1-3-7-10)15-14(19-16)11-8-4-5-9-12(11)20-15/h1-21H;1-10,12-13H,11H2;1-9H. The first kappa shape index (κ1) is 50.6. The third-order valence-corrected chi connectivity index (χ3v) is 21.9. The van der Waals surface area contributed by atoms with E-state index >= 15 is 0 Å². The molecule has 0 unspecified atom stereocenters. The molecule has 0 saturated heterocycles. The Labute approximate surface area is 518 Å². The summed E-state index contributed by atoms with van der Waals surface area (Å²) in [5.41, 5.74) is 14.0. The zero-order valence-electron chi connectivity index (χ0n) is 46.2. The molecule has 0 atom stereocenters. The molecule has 5 nitrogen and oxygen atoms in total. The Bertz CT molecular complexity index is 6020. The molecular weight excluding hydrogens is 1160 g/mol. The first-order valence-electron chi connectivity index (χ1n) is 28.9. The molecule has 1 aliphatic rings. The van der Waals surface area contributed by atoms with Crippen LogP contribution >= 0.6 is 56.9 Å². The van der Waals surface area contributed by atoms with E-state index in [1.165, 1.54) is 110 Å². The van der Waals surface area contributed by atoms with Crippen molar-refractivity contribution >= 4 is 181 Å². The van der Waals surface area contributed by atoms with Crippen molar-refractivity contribution < 1.29 is 0 Å². The molecule has 0 N–H and O–H groups in total. The largest absolute Gasteiger partial charge is 0.278 e. The van der Waals surface area contributed by atoms with E-state index in [1.807, 2.05) is 65.1 Å². The van der Waals surface area contributed by atoms with E-state index in [1.54, 1.807) is 22.7 Å². The Morgan fingerprint density at radius 1 is 0.322 bits per heavy atom. The molecule has 20 rings (SSSR count). The summed E-state index contributed by atoms with van der Waals surface area (Å²) in [7, 11) is 0. The maximum atomic E-state index is 6.11. The number of hydrogen-bond donors (Lipinski definition) is 0. The minimum Gasteiger partial charge on any atom is -0.278 e. The van der Waals surface area contributed by atoms with Crippen LogP contribution in [0.15, 0.2) is 255 Å². The average molecular weight is 1200 g/mol. The summed E-state index contributed by atoms with van der Waals surface area (Å²) in [5, 5.41) is 15.8.